The van der Waals surface area contributed by atoms with Crippen LogP contribution in [0.3, 0.4) is 0 Å². The molecule has 6 nitrogen and oxygen atoms in total. The molecule has 1 aliphatic heterocycles. The van der Waals surface area contributed by atoms with Crippen molar-refractivity contribution in [2.75, 3.05) is 6.54 Å². The fourth-order valence-electron chi connectivity index (χ4n) is 3.53. The first-order valence-corrected chi connectivity index (χ1v) is 8.85. The van der Waals surface area contributed by atoms with Gasteiger partial charge >= 0.3 is 0 Å². The number of hydrogen-bond acceptors (Lipinski definition) is 3. The topological polar surface area (TPSA) is 67.2 Å². The summed E-state index contributed by atoms with van der Waals surface area (Å²) >= 11 is 0. The minimum Gasteiger partial charge on any atom is -0.351 e. The van der Waals surface area contributed by atoms with Gasteiger partial charge in [-0.15, -0.1) is 0 Å². The fraction of sp³-hybridized carbons (Fsp3) is 0.421. The maximum atomic E-state index is 13.3. The Morgan fingerprint density at radius 2 is 2.19 bits per heavy atom. The number of rotatable bonds is 6. The Labute approximate surface area is 151 Å². The van der Waals surface area contributed by atoms with E-state index in [2.05, 4.69) is 10.4 Å². The first-order chi connectivity index (χ1) is 12.5. The second-order valence-corrected chi connectivity index (χ2v) is 7.26. The lowest BCUT2D eigenvalue weighted by atomic mass is 10.1. The van der Waals surface area contributed by atoms with Gasteiger partial charge in [0, 0.05) is 31.9 Å². The Morgan fingerprint density at radius 3 is 2.88 bits per heavy atom. The molecule has 1 atom stereocenters. The lowest BCUT2D eigenvalue weighted by Gasteiger charge is -2.20. The van der Waals surface area contributed by atoms with E-state index in [0.29, 0.717) is 26.1 Å². The van der Waals surface area contributed by atoms with Crippen LogP contribution in [0.1, 0.15) is 24.8 Å². The summed E-state index contributed by atoms with van der Waals surface area (Å²) in [6.45, 7) is 1.39. The Kier molecular flexibility index (Phi) is 4.22. The molecule has 2 aromatic rings. The van der Waals surface area contributed by atoms with Crippen LogP contribution in [0.25, 0.3) is 0 Å². The lowest BCUT2D eigenvalue weighted by Crippen LogP contribution is -2.42. The zero-order valence-corrected chi connectivity index (χ0v) is 14.4. The van der Waals surface area contributed by atoms with Crippen LogP contribution in [-0.2, 0) is 22.7 Å². The van der Waals surface area contributed by atoms with E-state index in [1.807, 2.05) is 12.3 Å². The number of nitrogens with zero attached hydrogens (tertiary/aromatic N) is 3. The van der Waals surface area contributed by atoms with Crippen LogP contribution in [0.4, 0.5) is 4.39 Å². The average molecular weight is 356 g/mol. The van der Waals surface area contributed by atoms with Crippen molar-refractivity contribution < 1.29 is 14.0 Å². The molecule has 1 saturated heterocycles. The lowest BCUT2D eigenvalue weighted by molar-refractivity contribution is -0.128. The fourth-order valence-corrected chi connectivity index (χ4v) is 3.53. The second kappa shape index (κ2) is 6.55. The van der Waals surface area contributed by atoms with E-state index < -0.39 is 5.41 Å². The predicted octanol–water partition coefficient (Wildman–Crippen LogP) is 1.72. The number of amides is 2. The van der Waals surface area contributed by atoms with E-state index in [1.165, 1.54) is 12.1 Å². The van der Waals surface area contributed by atoms with Gasteiger partial charge in [-0.2, -0.15) is 5.10 Å². The van der Waals surface area contributed by atoms with Gasteiger partial charge in [0.15, 0.2) is 0 Å². The van der Waals surface area contributed by atoms with Crippen LogP contribution in [0, 0.1) is 11.2 Å². The third-order valence-corrected chi connectivity index (χ3v) is 5.17. The van der Waals surface area contributed by atoms with Crippen molar-refractivity contribution in [2.45, 2.75) is 38.4 Å². The molecule has 1 N–H and O–H groups in total. The number of carbonyl (C=O) groups is 2. The number of halogens is 1. The van der Waals surface area contributed by atoms with Gasteiger partial charge < -0.3 is 10.2 Å². The molecule has 2 heterocycles. The van der Waals surface area contributed by atoms with Crippen LogP contribution in [0.15, 0.2) is 42.7 Å². The van der Waals surface area contributed by atoms with Gasteiger partial charge in [-0.3, -0.25) is 14.3 Å². The van der Waals surface area contributed by atoms with Gasteiger partial charge in [0.1, 0.15) is 5.82 Å². The zero-order chi connectivity index (χ0) is 18.1. The van der Waals surface area contributed by atoms with Crippen molar-refractivity contribution in [1.29, 1.82) is 0 Å². The maximum absolute atomic E-state index is 13.3. The highest BCUT2D eigenvalue weighted by molar-refractivity contribution is 5.87. The molecule has 7 heteroatoms. The van der Waals surface area contributed by atoms with E-state index in [9.17, 15) is 14.0 Å². The monoisotopic (exact) mass is 356 g/mol. The molecule has 136 valence electrons. The number of hydrogen-bond donors (Lipinski definition) is 1. The van der Waals surface area contributed by atoms with Crippen molar-refractivity contribution in [2.24, 2.45) is 5.41 Å². The molecule has 1 saturated carbocycles. The highest BCUT2D eigenvalue weighted by Gasteiger charge is 2.51. The van der Waals surface area contributed by atoms with E-state index in [-0.39, 0.29) is 23.7 Å². The molecule has 26 heavy (non-hydrogen) atoms. The Bertz CT molecular complexity index is 817. The number of aromatic nitrogens is 2. The largest absolute Gasteiger partial charge is 0.351 e. The highest BCUT2D eigenvalue weighted by atomic mass is 19.1. The van der Waals surface area contributed by atoms with E-state index in [1.54, 1.807) is 27.9 Å². The smallest absolute Gasteiger partial charge is 0.228 e. The summed E-state index contributed by atoms with van der Waals surface area (Å²) in [5.74, 6) is -0.330. The molecule has 1 aromatic carbocycles. The maximum Gasteiger partial charge on any atom is 0.228 e. The number of benzene rings is 1. The Hall–Kier alpha value is -2.70. The van der Waals surface area contributed by atoms with Gasteiger partial charge in [0.2, 0.25) is 11.8 Å². The summed E-state index contributed by atoms with van der Waals surface area (Å²) in [4.78, 5) is 26.6. The molecule has 0 bridgehead atoms. The third-order valence-electron chi connectivity index (χ3n) is 5.17. The predicted molar refractivity (Wildman–Crippen MR) is 92.3 cm³/mol. The number of likely N-dealkylation sites (tertiary alicyclic amines) is 1. The van der Waals surface area contributed by atoms with Crippen molar-refractivity contribution >= 4 is 11.8 Å². The molecule has 2 amide bonds. The SMILES string of the molecule is O=C1C[C@@H](NC(=O)C2(Cn3cccn3)CC2)CN1Cc1cccc(F)c1. The summed E-state index contributed by atoms with van der Waals surface area (Å²) in [5, 5.41) is 7.21. The van der Waals surface area contributed by atoms with Crippen molar-refractivity contribution in [3.63, 3.8) is 0 Å². The first-order valence-electron chi connectivity index (χ1n) is 8.85. The Balaban J connectivity index is 1.34. The molecule has 0 spiro atoms. The first kappa shape index (κ1) is 16.8. The average Bonchev–Trinajstić information content (AvgIpc) is 3.04. The van der Waals surface area contributed by atoms with Gasteiger partial charge in [-0.25, -0.2) is 4.39 Å². The summed E-state index contributed by atoms with van der Waals surface area (Å²) in [6.07, 6.45) is 5.53. The van der Waals surface area contributed by atoms with Crippen LogP contribution in [0.5, 0.6) is 0 Å². The van der Waals surface area contributed by atoms with E-state index in [0.717, 1.165) is 18.4 Å². The molecule has 0 unspecified atom stereocenters. The van der Waals surface area contributed by atoms with Gasteiger partial charge in [0.25, 0.3) is 0 Å². The van der Waals surface area contributed by atoms with Crippen LogP contribution in [0.2, 0.25) is 0 Å². The molecule has 4 rings (SSSR count). The minimum atomic E-state index is -0.398. The molecular weight excluding hydrogens is 335 g/mol. The van der Waals surface area contributed by atoms with Crippen molar-refractivity contribution in [1.82, 2.24) is 20.0 Å². The van der Waals surface area contributed by atoms with Crippen molar-refractivity contribution in [3.05, 3.63) is 54.1 Å². The van der Waals surface area contributed by atoms with E-state index >= 15 is 0 Å². The molecule has 0 radical (unpaired) electrons. The van der Waals surface area contributed by atoms with Gasteiger partial charge in [-0.1, -0.05) is 12.1 Å². The van der Waals surface area contributed by atoms with Crippen LogP contribution < -0.4 is 5.32 Å². The molecule has 1 aliphatic carbocycles. The second-order valence-electron chi connectivity index (χ2n) is 7.26. The number of nitrogens with one attached hydrogen (secondary N) is 1. The highest BCUT2D eigenvalue weighted by Crippen LogP contribution is 2.47. The van der Waals surface area contributed by atoms with Gasteiger partial charge in [-0.05, 0) is 36.6 Å². The van der Waals surface area contributed by atoms with Crippen LogP contribution in [-0.4, -0.2) is 39.1 Å². The van der Waals surface area contributed by atoms with E-state index in [4.69, 9.17) is 0 Å². The molecule has 2 fully saturated rings. The molecule has 1 aromatic heterocycles. The van der Waals surface area contributed by atoms with Crippen LogP contribution >= 0.6 is 0 Å². The quantitative estimate of drug-likeness (QED) is 0.857. The minimum absolute atomic E-state index is 0.00148. The summed E-state index contributed by atoms with van der Waals surface area (Å²) in [6, 6.07) is 7.89. The summed E-state index contributed by atoms with van der Waals surface area (Å²) < 4.78 is 15.1. The van der Waals surface area contributed by atoms with Crippen molar-refractivity contribution in [3.8, 4) is 0 Å². The van der Waals surface area contributed by atoms with Gasteiger partial charge in [0.05, 0.1) is 18.0 Å². The zero-order valence-electron chi connectivity index (χ0n) is 14.4. The number of carbonyl (C=O) groups excluding carboxylic acids is 2. The summed E-state index contributed by atoms with van der Waals surface area (Å²) in [5.41, 5.74) is 0.355. The Morgan fingerprint density at radius 1 is 1.35 bits per heavy atom. The normalized spacial score (nSPS) is 21.0. The molecule has 2 aliphatic rings. The summed E-state index contributed by atoms with van der Waals surface area (Å²) in [7, 11) is 0. The molecular formula is C19H21FN4O2. The standard InChI is InChI=1S/C19H21FN4O2/c20-15-4-1-3-14(9-15)11-23-12-16(10-17(23)25)22-18(26)19(5-6-19)13-24-8-2-7-21-24/h1-4,7-9,16H,5-6,10-13H2,(H,22,26)/t16-/m1/s1. The third kappa shape index (κ3) is 3.47.